The number of hydrogen-bond donors (Lipinski definition) is 2. The molecule has 0 spiro atoms. The summed E-state index contributed by atoms with van der Waals surface area (Å²) in [6.07, 6.45) is 1.25. The summed E-state index contributed by atoms with van der Waals surface area (Å²) < 4.78 is 13.7. The topological polar surface area (TPSA) is 97.6 Å². The second-order valence-corrected chi connectivity index (χ2v) is 7.96. The normalized spacial score (nSPS) is 22.9. The van der Waals surface area contributed by atoms with Gasteiger partial charge in [-0.15, -0.1) is 5.10 Å². The average molecular weight is 407 g/mol. The zero-order chi connectivity index (χ0) is 20.1. The quantitative estimate of drug-likeness (QED) is 0.539. The van der Waals surface area contributed by atoms with E-state index in [-0.39, 0.29) is 23.3 Å². The molecule has 1 aromatic carbocycles. The summed E-state index contributed by atoms with van der Waals surface area (Å²) in [4.78, 5) is 27.0. The first-order valence-electron chi connectivity index (χ1n) is 8.90. The number of carboxylic acids is 1. The second kappa shape index (κ2) is 9.26. The molecule has 1 unspecified atom stereocenters. The van der Waals surface area contributed by atoms with Crippen molar-refractivity contribution in [3.63, 3.8) is 0 Å². The van der Waals surface area contributed by atoms with Crippen LogP contribution in [0.15, 0.2) is 28.4 Å². The van der Waals surface area contributed by atoms with Crippen molar-refractivity contribution >= 4 is 35.0 Å². The molecule has 150 valence electrons. The van der Waals surface area contributed by atoms with Crippen molar-refractivity contribution in [3.05, 3.63) is 35.1 Å². The Morgan fingerprint density at radius 1 is 1.39 bits per heavy atom. The van der Waals surface area contributed by atoms with Gasteiger partial charge in [-0.1, -0.05) is 17.8 Å². The second-order valence-electron chi connectivity index (χ2n) is 6.77. The smallest absolute Gasteiger partial charge is 0.305 e. The Morgan fingerprint density at radius 2 is 2.14 bits per heavy atom. The first kappa shape index (κ1) is 20.4. The zero-order valence-electron chi connectivity index (χ0n) is 15.5. The van der Waals surface area contributed by atoms with E-state index in [1.165, 1.54) is 18.3 Å². The van der Waals surface area contributed by atoms with Gasteiger partial charge in [0.05, 0.1) is 12.6 Å². The van der Waals surface area contributed by atoms with Gasteiger partial charge in [0.1, 0.15) is 11.1 Å². The number of amides is 1. The number of carboxylic acid groups (broad SMARTS) is 1. The molecule has 1 aromatic rings. The summed E-state index contributed by atoms with van der Waals surface area (Å²) in [5, 5.41) is 18.8. The van der Waals surface area contributed by atoms with Gasteiger partial charge < -0.3 is 15.3 Å². The van der Waals surface area contributed by atoms with Crippen molar-refractivity contribution in [2.75, 3.05) is 33.2 Å². The van der Waals surface area contributed by atoms with E-state index >= 15 is 0 Å². The Bertz CT molecular complexity index is 808. The lowest BCUT2D eigenvalue weighted by Gasteiger charge is -2.32. The number of amidine groups is 1. The van der Waals surface area contributed by atoms with E-state index in [2.05, 4.69) is 32.4 Å². The van der Waals surface area contributed by atoms with E-state index in [0.29, 0.717) is 6.54 Å². The molecule has 1 atom stereocenters. The van der Waals surface area contributed by atoms with E-state index in [1.54, 1.807) is 6.07 Å². The molecule has 2 N–H and O–H groups in total. The zero-order valence-corrected chi connectivity index (χ0v) is 16.3. The third-order valence-electron chi connectivity index (χ3n) is 4.58. The van der Waals surface area contributed by atoms with Crippen LogP contribution in [-0.2, 0) is 16.1 Å². The van der Waals surface area contributed by atoms with Crippen LogP contribution < -0.4 is 5.32 Å². The summed E-state index contributed by atoms with van der Waals surface area (Å²) >= 11 is 1.04. The van der Waals surface area contributed by atoms with Crippen LogP contribution in [0.25, 0.3) is 0 Å². The van der Waals surface area contributed by atoms with E-state index in [9.17, 15) is 14.0 Å². The molecule has 0 radical (unpaired) electrons. The van der Waals surface area contributed by atoms with E-state index in [0.717, 1.165) is 49.1 Å². The number of carbonyl (C=O) groups is 2. The standard InChI is InChI=1S/C18H22FN5O3S/c1-23-4-6-24(7-5-23)11-13-8-14(19)3-2-12(13)10-20-22-18-21-17(27)15(28-18)9-16(25)26/h2-3,8,10,15H,4-7,9,11H2,1H3,(H,25,26)(H,21,22,27). The number of thioether (sulfide) groups is 1. The summed E-state index contributed by atoms with van der Waals surface area (Å²) in [6.45, 7) is 4.40. The summed E-state index contributed by atoms with van der Waals surface area (Å²) in [5.74, 6) is -1.74. The molecule has 0 aromatic heterocycles. The van der Waals surface area contributed by atoms with Crippen molar-refractivity contribution < 1.29 is 19.1 Å². The minimum atomic E-state index is -1.04. The number of hydrogen-bond acceptors (Lipinski definition) is 7. The minimum Gasteiger partial charge on any atom is -0.481 e. The Labute approximate surface area is 166 Å². The molecule has 0 bridgehead atoms. The number of rotatable bonds is 6. The van der Waals surface area contributed by atoms with Crippen molar-refractivity contribution in [1.82, 2.24) is 15.1 Å². The van der Waals surface area contributed by atoms with Crippen molar-refractivity contribution in [3.8, 4) is 0 Å². The number of nitrogens with one attached hydrogen (secondary N) is 1. The molecule has 28 heavy (non-hydrogen) atoms. The van der Waals surface area contributed by atoms with Gasteiger partial charge in [-0.2, -0.15) is 5.10 Å². The molecule has 0 aliphatic carbocycles. The Kier molecular flexibility index (Phi) is 6.76. The Hall–Kier alpha value is -2.30. The van der Waals surface area contributed by atoms with Crippen LogP contribution in [0.1, 0.15) is 17.5 Å². The van der Waals surface area contributed by atoms with Crippen molar-refractivity contribution in [2.24, 2.45) is 10.2 Å². The van der Waals surface area contributed by atoms with Gasteiger partial charge in [0.15, 0.2) is 5.17 Å². The molecule has 0 saturated carbocycles. The fourth-order valence-corrected chi connectivity index (χ4v) is 3.89. The first-order valence-corrected chi connectivity index (χ1v) is 9.78. The van der Waals surface area contributed by atoms with Crippen LogP contribution in [0.2, 0.25) is 0 Å². The largest absolute Gasteiger partial charge is 0.481 e. The number of piperazine rings is 1. The summed E-state index contributed by atoms with van der Waals surface area (Å²) in [7, 11) is 2.08. The van der Waals surface area contributed by atoms with Gasteiger partial charge in [-0.25, -0.2) is 4.39 Å². The molecule has 8 nitrogen and oxygen atoms in total. The molecule has 3 rings (SSSR count). The van der Waals surface area contributed by atoms with Crippen LogP contribution in [0, 0.1) is 5.82 Å². The lowest BCUT2D eigenvalue weighted by molar-refractivity contribution is -0.138. The lowest BCUT2D eigenvalue weighted by Crippen LogP contribution is -2.44. The monoisotopic (exact) mass is 407 g/mol. The fraction of sp³-hybridized carbons (Fsp3) is 0.444. The van der Waals surface area contributed by atoms with Gasteiger partial charge in [0.25, 0.3) is 0 Å². The highest BCUT2D eigenvalue weighted by Crippen LogP contribution is 2.22. The number of halogens is 1. The molecule has 2 aliphatic heterocycles. The highest BCUT2D eigenvalue weighted by molar-refractivity contribution is 8.15. The van der Waals surface area contributed by atoms with Crippen molar-refractivity contribution in [1.29, 1.82) is 0 Å². The molecule has 1 amide bonds. The molecular formula is C18H22FN5O3S. The van der Waals surface area contributed by atoms with Crippen LogP contribution in [0.4, 0.5) is 4.39 Å². The molecule has 10 heteroatoms. The number of aliphatic carboxylic acids is 1. The minimum absolute atomic E-state index is 0.259. The number of benzene rings is 1. The molecule has 2 heterocycles. The highest BCUT2D eigenvalue weighted by Gasteiger charge is 2.32. The van der Waals surface area contributed by atoms with Gasteiger partial charge >= 0.3 is 5.97 Å². The van der Waals surface area contributed by atoms with Crippen LogP contribution >= 0.6 is 11.8 Å². The van der Waals surface area contributed by atoms with Gasteiger partial charge in [-0.3, -0.25) is 14.5 Å². The number of nitrogens with zero attached hydrogens (tertiary/aromatic N) is 4. The van der Waals surface area contributed by atoms with Crippen LogP contribution in [0.5, 0.6) is 0 Å². The fourth-order valence-electron chi connectivity index (χ4n) is 2.97. The number of likely N-dealkylation sites (N-methyl/N-ethyl adjacent to an activating group) is 1. The SMILES string of the molecule is CN1CCN(Cc2cc(F)ccc2C=NN=C2NC(=O)C(CC(=O)O)S2)CC1. The number of carbonyl (C=O) groups excluding carboxylic acids is 1. The molecule has 2 aliphatic rings. The Morgan fingerprint density at radius 3 is 2.86 bits per heavy atom. The van der Waals surface area contributed by atoms with Gasteiger partial charge in [-0.05, 0) is 30.3 Å². The predicted molar refractivity (Wildman–Crippen MR) is 106 cm³/mol. The Balaban J connectivity index is 1.67. The third kappa shape index (κ3) is 5.60. The summed E-state index contributed by atoms with van der Waals surface area (Å²) in [5.41, 5.74) is 1.57. The summed E-state index contributed by atoms with van der Waals surface area (Å²) in [6, 6.07) is 4.52. The maximum Gasteiger partial charge on any atom is 0.305 e. The molecular weight excluding hydrogens is 385 g/mol. The first-order chi connectivity index (χ1) is 13.4. The van der Waals surface area contributed by atoms with Crippen LogP contribution in [0.3, 0.4) is 0 Å². The van der Waals surface area contributed by atoms with E-state index in [4.69, 9.17) is 5.11 Å². The lowest BCUT2D eigenvalue weighted by atomic mass is 10.1. The third-order valence-corrected chi connectivity index (χ3v) is 5.65. The highest BCUT2D eigenvalue weighted by atomic mass is 32.2. The van der Waals surface area contributed by atoms with Gasteiger partial charge in [0.2, 0.25) is 5.91 Å². The van der Waals surface area contributed by atoms with E-state index < -0.39 is 11.2 Å². The average Bonchev–Trinajstić information content (AvgIpc) is 2.97. The maximum absolute atomic E-state index is 13.7. The molecule has 2 saturated heterocycles. The maximum atomic E-state index is 13.7. The van der Waals surface area contributed by atoms with Gasteiger partial charge in [0, 0.05) is 32.7 Å². The predicted octanol–water partition coefficient (Wildman–Crippen LogP) is 0.969. The van der Waals surface area contributed by atoms with Crippen LogP contribution in [-0.4, -0.2) is 76.6 Å². The molecule has 2 fully saturated rings. The van der Waals surface area contributed by atoms with E-state index in [1.807, 2.05) is 0 Å². The van der Waals surface area contributed by atoms with Crippen molar-refractivity contribution in [2.45, 2.75) is 18.2 Å².